The average molecular weight is 345 g/mol. The summed E-state index contributed by atoms with van der Waals surface area (Å²) in [5, 5.41) is 32.4. The molecule has 12 nitrogen and oxygen atoms in total. The van der Waals surface area contributed by atoms with Crippen molar-refractivity contribution in [2.24, 2.45) is 0 Å². The molecule has 0 aliphatic heterocycles. The zero-order chi connectivity index (χ0) is 17.9. The fourth-order valence-electron chi connectivity index (χ4n) is 1.01. The maximum Gasteiger partial charge on any atom is 0.339 e. The maximum absolute atomic E-state index is 10.5. The lowest BCUT2D eigenvalue weighted by Crippen LogP contribution is -2.35. The molecule has 0 saturated heterocycles. The predicted molar refractivity (Wildman–Crippen MR) is 68.3 cm³/mol. The van der Waals surface area contributed by atoms with E-state index < -0.39 is 50.8 Å². The average Bonchev–Trinajstić information content (AvgIpc) is 2.22. The maximum atomic E-state index is 10.5. The molecule has 0 heterocycles. The van der Waals surface area contributed by atoms with E-state index in [0.717, 1.165) is 0 Å². The van der Waals surface area contributed by atoms with E-state index in [1.165, 1.54) is 0 Å². The highest BCUT2D eigenvalue weighted by Crippen LogP contribution is 2.34. The van der Waals surface area contributed by atoms with Gasteiger partial charge in [-0.05, 0) is 0 Å². The van der Waals surface area contributed by atoms with Crippen molar-refractivity contribution in [3.63, 3.8) is 0 Å². The topological polar surface area (TPSA) is 210 Å². The van der Waals surface area contributed by atoms with Crippen LogP contribution in [0.2, 0.25) is 0 Å². The Labute approximate surface area is 123 Å². The van der Waals surface area contributed by atoms with Crippen molar-refractivity contribution in [2.75, 3.05) is 19.4 Å². The second-order valence-corrected chi connectivity index (χ2v) is 5.48. The second-order valence-electron chi connectivity index (χ2n) is 3.87. The van der Waals surface area contributed by atoms with Crippen LogP contribution >= 0.6 is 7.60 Å². The third-order valence-corrected chi connectivity index (χ3v) is 2.42. The zero-order valence-corrected chi connectivity index (χ0v) is 12.0. The fraction of sp³-hybridized carbons (Fsp3) is 0.556. The van der Waals surface area contributed by atoms with Gasteiger partial charge in [0, 0.05) is 0 Å². The van der Waals surface area contributed by atoms with E-state index in [2.05, 4.69) is 0 Å². The van der Waals surface area contributed by atoms with Crippen LogP contribution in [0.15, 0.2) is 0 Å². The SMILES string of the molecule is O=C(O)CCC(=O)O.O=C(O)CN(CC(=O)O)CP(=O)(O)O. The zero-order valence-electron chi connectivity index (χ0n) is 11.2. The molecule has 0 atom stereocenters. The Bertz CT molecular complexity index is 426. The minimum atomic E-state index is -4.44. The second kappa shape index (κ2) is 10.7. The van der Waals surface area contributed by atoms with E-state index in [0.29, 0.717) is 4.90 Å². The smallest absolute Gasteiger partial charge is 0.339 e. The van der Waals surface area contributed by atoms with Gasteiger partial charge in [-0.25, -0.2) is 0 Å². The van der Waals surface area contributed by atoms with Crippen LogP contribution < -0.4 is 0 Å². The summed E-state index contributed by atoms with van der Waals surface area (Å²) >= 11 is 0. The van der Waals surface area contributed by atoms with E-state index in [4.69, 9.17) is 30.2 Å². The lowest BCUT2D eigenvalue weighted by molar-refractivity contribution is -0.143. The minimum Gasteiger partial charge on any atom is -0.481 e. The normalized spacial score (nSPS) is 10.5. The number of aliphatic carboxylic acids is 4. The molecule has 128 valence electrons. The molecule has 0 aliphatic rings. The summed E-state index contributed by atoms with van der Waals surface area (Å²) in [5.41, 5.74) is 0. The predicted octanol–water partition coefficient (Wildman–Crippen LogP) is -1.47. The molecular weight excluding hydrogens is 329 g/mol. The highest BCUT2D eigenvalue weighted by Gasteiger charge is 2.22. The number of carboxylic acid groups (broad SMARTS) is 4. The van der Waals surface area contributed by atoms with Crippen molar-refractivity contribution >= 4 is 31.5 Å². The number of rotatable bonds is 9. The molecule has 6 N–H and O–H groups in total. The molecule has 0 unspecified atom stereocenters. The molecule has 22 heavy (non-hydrogen) atoms. The number of carboxylic acids is 4. The van der Waals surface area contributed by atoms with Gasteiger partial charge in [-0.1, -0.05) is 0 Å². The van der Waals surface area contributed by atoms with Gasteiger partial charge in [-0.15, -0.1) is 0 Å². The van der Waals surface area contributed by atoms with Crippen LogP contribution in [0.5, 0.6) is 0 Å². The highest BCUT2D eigenvalue weighted by molar-refractivity contribution is 7.51. The Morgan fingerprint density at radius 3 is 1.23 bits per heavy atom. The standard InChI is InChI=1S/C5H10NO7P.C4H6O4/c7-4(8)1-6(2-5(9)10)3-14(11,12)13;5-3(6)1-2-4(7)8/h1-3H2,(H,7,8)(H,9,10)(H2,11,12,13);1-2H2,(H,5,6)(H,7,8). The molecule has 0 radical (unpaired) electrons. The Hall–Kier alpha value is -2.01. The van der Waals surface area contributed by atoms with E-state index in [1.807, 2.05) is 0 Å². The van der Waals surface area contributed by atoms with Gasteiger partial charge in [0.15, 0.2) is 0 Å². The fourth-order valence-corrected chi connectivity index (χ4v) is 1.73. The van der Waals surface area contributed by atoms with Gasteiger partial charge in [-0.2, -0.15) is 0 Å². The summed E-state index contributed by atoms with van der Waals surface area (Å²) in [6.45, 7) is -1.45. The van der Waals surface area contributed by atoms with Gasteiger partial charge >= 0.3 is 31.5 Å². The summed E-state index contributed by atoms with van der Waals surface area (Å²) in [5.74, 6) is -4.85. The lowest BCUT2D eigenvalue weighted by Gasteiger charge is -2.17. The first-order valence-corrected chi connectivity index (χ1v) is 7.27. The molecular formula is C9H16NO11P. The van der Waals surface area contributed by atoms with Crippen molar-refractivity contribution in [2.45, 2.75) is 12.8 Å². The number of hydrogen-bond donors (Lipinski definition) is 6. The Morgan fingerprint density at radius 2 is 1.05 bits per heavy atom. The number of hydrogen-bond acceptors (Lipinski definition) is 6. The summed E-state index contributed by atoms with van der Waals surface area (Å²) in [7, 11) is -4.44. The summed E-state index contributed by atoms with van der Waals surface area (Å²) < 4.78 is 10.5. The van der Waals surface area contributed by atoms with Gasteiger partial charge in [0.25, 0.3) is 0 Å². The van der Waals surface area contributed by atoms with Gasteiger partial charge in [0.05, 0.1) is 25.9 Å². The highest BCUT2D eigenvalue weighted by atomic mass is 31.2. The first kappa shape index (κ1) is 22.3. The number of carbonyl (C=O) groups is 4. The largest absolute Gasteiger partial charge is 0.481 e. The van der Waals surface area contributed by atoms with E-state index in [1.54, 1.807) is 0 Å². The third-order valence-electron chi connectivity index (χ3n) is 1.65. The Morgan fingerprint density at radius 1 is 0.727 bits per heavy atom. The monoisotopic (exact) mass is 345 g/mol. The molecule has 0 aromatic carbocycles. The van der Waals surface area contributed by atoms with Crippen LogP contribution in [0.4, 0.5) is 0 Å². The molecule has 13 heteroatoms. The third kappa shape index (κ3) is 20.3. The van der Waals surface area contributed by atoms with Crippen LogP contribution in [0.1, 0.15) is 12.8 Å². The molecule has 0 fully saturated rings. The summed E-state index contributed by atoms with van der Waals surface area (Å²) in [6.07, 6.45) is -1.48. The molecule has 0 aromatic heterocycles. The Kier molecular flexibility index (Phi) is 10.8. The van der Waals surface area contributed by atoms with Gasteiger partial charge < -0.3 is 30.2 Å². The van der Waals surface area contributed by atoms with E-state index >= 15 is 0 Å². The van der Waals surface area contributed by atoms with Crippen molar-refractivity contribution in [3.05, 3.63) is 0 Å². The summed E-state index contributed by atoms with van der Waals surface area (Å²) in [6, 6.07) is 0. The molecule has 0 aliphatic carbocycles. The van der Waals surface area contributed by atoms with Crippen LogP contribution in [0, 0.1) is 0 Å². The van der Waals surface area contributed by atoms with Gasteiger partial charge in [0.1, 0.15) is 6.29 Å². The first-order valence-electron chi connectivity index (χ1n) is 5.47. The molecule has 0 aromatic rings. The minimum absolute atomic E-state index is 0.296. The molecule has 0 bridgehead atoms. The van der Waals surface area contributed by atoms with Crippen LogP contribution in [-0.4, -0.2) is 78.4 Å². The quantitative estimate of drug-likeness (QED) is 0.264. The van der Waals surface area contributed by atoms with Gasteiger partial charge in [-0.3, -0.25) is 28.6 Å². The molecule has 0 amide bonds. The first-order chi connectivity index (χ1) is 9.83. The van der Waals surface area contributed by atoms with Crippen LogP contribution in [-0.2, 0) is 23.7 Å². The van der Waals surface area contributed by atoms with Crippen molar-refractivity contribution < 1.29 is 54.0 Å². The van der Waals surface area contributed by atoms with Crippen molar-refractivity contribution in [1.29, 1.82) is 0 Å². The van der Waals surface area contributed by atoms with Crippen LogP contribution in [0.3, 0.4) is 0 Å². The number of nitrogens with zero attached hydrogens (tertiary/aromatic N) is 1. The molecule has 0 spiro atoms. The van der Waals surface area contributed by atoms with Gasteiger partial charge in [0.2, 0.25) is 0 Å². The summed E-state index contributed by atoms with van der Waals surface area (Å²) in [4.78, 5) is 57.3. The Balaban J connectivity index is 0. The van der Waals surface area contributed by atoms with E-state index in [-0.39, 0.29) is 12.8 Å². The molecule has 0 saturated carbocycles. The van der Waals surface area contributed by atoms with Crippen LogP contribution in [0.25, 0.3) is 0 Å². The lowest BCUT2D eigenvalue weighted by atomic mass is 10.3. The van der Waals surface area contributed by atoms with Crippen molar-refractivity contribution in [3.8, 4) is 0 Å². The van der Waals surface area contributed by atoms with Crippen molar-refractivity contribution in [1.82, 2.24) is 4.90 Å². The molecule has 0 rings (SSSR count). The van der Waals surface area contributed by atoms with E-state index in [9.17, 15) is 23.7 Å².